The van der Waals surface area contributed by atoms with Crippen LogP contribution in [0.25, 0.3) is 0 Å². The van der Waals surface area contributed by atoms with Gasteiger partial charge in [-0.3, -0.25) is 0 Å². The number of alkyl halides is 1. The minimum atomic E-state index is -0.618. The number of rotatable bonds is 4. The van der Waals surface area contributed by atoms with E-state index in [1.54, 1.807) is 0 Å². The van der Waals surface area contributed by atoms with Gasteiger partial charge in [0.05, 0.1) is 12.9 Å². The Labute approximate surface area is 108 Å². The van der Waals surface area contributed by atoms with Gasteiger partial charge in [0.1, 0.15) is 0 Å². The summed E-state index contributed by atoms with van der Waals surface area (Å²) < 4.78 is 6.20. The number of nitrogens with zero attached hydrogens (tertiary/aromatic N) is 4. The van der Waals surface area contributed by atoms with Crippen molar-refractivity contribution in [3.8, 4) is 0 Å². The lowest BCUT2D eigenvalue weighted by molar-refractivity contribution is -0.396. The summed E-state index contributed by atoms with van der Waals surface area (Å²) in [7, 11) is 4.55. The van der Waals surface area contributed by atoms with Gasteiger partial charge in [-0.25, -0.2) is 9.36 Å². The molecule has 0 N–H and O–H groups in total. The molecule has 0 aliphatic rings. The van der Waals surface area contributed by atoms with Crippen molar-refractivity contribution < 1.29 is 14.5 Å². The van der Waals surface area contributed by atoms with E-state index < -0.39 is 11.0 Å². The van der Waals surface area contributed by atoms with E-state index in [-0.39, 0.29) is 18.4 Å². The topological polar surface area (TPSA) is 90.5 Å². The minimum absolute atomic E-state index is 0.0104. The van der Waals surface area contributed by atoms with Crippen molar-refractivity contribution in [2.45, 2.75) is 12.5 Å². The maximum absolute atomic E-state index is 11.3. The molecule has 0 saturated carbocycles. The van der Waals surface area contributed by atoms with Crippen LogP contribution in [0.15, 0.2) is 0 Å². The lowest BCUT2D eigenvalue weighted by Gasteiger charge is -2.10. The predicted octanol–water partition coefficient (Wildman–Crippen LogP) is 1.27. The molecule has 0 aliphatic carbocycles. The average Bonchev–Trinajstić information content (AvgIpc) is 2.62. The van der Waals surface area contributed by atoms with E-state index in [0.29, 0.717) is 11.4 Å². The lowest BCUT2D eigenvalue weighted by atomic mass is 10.3. The molecule has 1 amide bonds. The van der Waals surface area contributed by atoms with Crippen molar-refractivity contribution in [3.05, 3.63) is 21.5 Å². The Kier molecular flexibility index (Phi) is 4.49. The number of hydrogen-bond donors (Lipinski definition) is 0. The van der Waals surface area contributed by atoms with E-state index in [1.165, 1.54) is 30.6 Å². The van der Waals surface area contributed by atoms with Gasteiger partial charge in [-0.15, -0.1) is 11.6 Å². The highest BCUT2D eigenvalue weighted by Crippen LogP contribution is 2.19. The Bertz CT molecular complexity index is 471. The molecule has 0 fully saturated rings. The molecule has 0 aliphatic heterocycles. The molecule has 0 saturated heterocycles. The van der Waals surface area contributed by atoms with Crippen LogP contribution in [-0.2, 0) is 24.3 Å². The van der Waals surface area contributed by atoms with Crippen LogP contribution < -0.4 is 0 Å². The number of imidazole rings is 1. The third-order valence-electron chi connectivity index (χ3n) is 2.26. The Morgan fingerprint density at radius 2 is 2.22 bits per heavy atom. The largest absolute Gasteiger partial charge is 0.441 e. The minimum Gasteiger partial charge on any atom is -0.441 e. The van der Waals surface area contributed by atoms with Crippen LogP contribution in [0.5, 0.6) is 0 Å². The number of hydrogen-bond acceptors (Lipinski definition) is 5. The zero-order valence-electron chi connectivity index (χ0n) is 10.2. The summed E-state index contributed by atoms with van der Waals surface area (Å²) >= 11 is 5.65. The number of halogens is 1. The maximum atomic E-state index is 11.3. The van der Waals surface area contributed by atoms with Gasteiger partial charge in [0.2, 0.25) is 0 Å². The molecule has 1 rings (SSSR count). The monoisotopic (exact) mass is 276 g/mol. The molecular formula is C9H13ClN4O4. The van der Waals surface area contributed by atoms with Gasteiger partial charge < -0.3 is 19.8 Å². The molecule has 18 heavy (non-hydrogen) atoms. The van der Waals surface area contributed by atoms with Crippen LogP contribution >= 0.6 is 11.6 Å². The van der Waals surface area contributed by atoms with Gasteiger partial charge in [0, 0.05) is 14.1 Å². The van der Waals surface area contributed by atoms with Crippen molar-refractivity contribution in [3.63, 3.8) is 0 Å². The Morgan fingerprint density at radius 3 is 2.67 bits per heavy atom. The summed E-state index contributed by atoms with van der Waals surface area (Å²) in [5.74, 6) is -0.321. The SMILES string of the molecule is CN(C)C(=O)OCc1c(CCl)nc([N+](=O)[O-])n1C. The summed E-state index contributed by atoms with van der Waals surface area (Å²) in [6, 6.07) is 0. The predicted molar refractivity (Wildman–Crippen MR) is 63.3 cm³/mol. The molecule has 1 aromatic rings. The molecule has 0 aromatic carbocycles. The summed E-state index contributed by atoms with van der Waals surface area (Å²) in [6.07, 6.45) is -0.542. The zero-order valence-corrected chi connectivity index (χ0v) is 11.0. The standard InChI is InChI=1S/C9H13ClN4O4/c1-12(2)9(15)18-5-7-6(4-10)11-8(13(7)3)14(16)17/h4-5H2,1-3H3. The molecule has 100 valence electrons. The van der Waals surface area contributed by atoms with Crippen LogP contribution in [0.3, 0.4) is 0 Å². The van der Waals surface area contributed by atoms with Gasteiger partial charge >= 0.3 is 12.0 Å². The van der Waals surface area contributed by atoms with Gasteiger partial charge in [0.15, 0.2) is 18.0 Å². The number of aromatic nitrogens is 2. The summed E-state index contributed by atoms with van der Waals surface area (Å²) in [5, 5.41) is 10.7. The van der Waals surface area contributed by atoms with Crippen molar-refractivity contribution in [1.29, 1.82) is 0 Å². The molecule has 9 heteroatoms. The van der Waals surface area contributed by atoms with E-state index in [4.69, 9.17) is 16.3 Å². The van der Waals surface area contributed by atoms with E-state index in [9.17, 15) is 14.9 Å². The quantitative estimate of drug-likeness (QED) is 0.469. The van der Waals surface area contributed by atoms with Crippen molar-refractivity contribution in [1.82, 2.24) is 14.5 Å². The van der Waals surface area contributed by atoms with Crippen LogP contribution in [0.2, 0.25) is 0 Å². The summed E-state index contributed by atoms with van der Waals surface area (Å²) in [5.41, 5.74) is 0.740. The highest BCUT2D eigenvalue weighted by atomic mass is 35.5. The number of ether oxygens (including phenoxy) is 1. The number of amides is 1. The highest BCUT2D eigenvalue weighted by molar-refractivity contribution is 6.17. The smallest absolute Gasteiger partial charge is 0.435 e. The van der Waals surface area contributed by atoms with Crippen LogP contribution in [0.1, 0.15) is 11.4 Å². The summed E-state index contributed by atoms with van der Waals surface area (Å²) in [6.45, 7) is -0.115. The fraction of sp³-hybridized carbons (Fsp3) is 0.556. The summed E-state index contributed by atoms with van der Waals surface area (Å²) in [4.78, 5) is 26.4. The first-order valence-electron chi connectivity index (χ1n) is 4.97. The van der Waals surface area contributed by atoms with Crippen molar-refractivity contribution in [2.75, 3.05) is 14.1 Å². The Balaban J connectivity index is 2.94. The Morgan fingerprint density at radius 1 is 1.61 bits per heavy atom. The number of carbonyl (C=O) groups excluding carboxylic acids is 1. The van der Waals surface area contributed by atoms with E-state index >= 15 is 0 Å². The maximum Gasteiger partial charge on any atom is 0.435 e. The molecule has 0 radical (unpaired) electrons. The van der Waals surface area contributed by atoms with Gasteiger partial charge in [-0.05, 0) is 4.92 Å². The van der Waals surface area contributed by atoms with Crippen LogP contribution in [0, 0.1) is 10.1 Å². The molecule has 0 spiro atoms. The van der Waals surface area contributed by atoms with E-state index in [1.807, 2.05) is 0 Å². The van der Waals surface area contributed by atoms with E-state index in [0.717, 1.165) is 0 Å². The second kappa shape index (κ2) is 5.67. The molecule has 1 aromatic heterocycles. The second-order valence-electron chi connectivity index (χ2n) is 3.70. The molecule has 0 unspecified atom stereocenters. The Hall–Kier alpha value is -1.83. The van der Waals surface area contributed by atoms with Gasteiger partial charge in [-0.2, -0.15) is 0 Å². The molecule has 1 heterocycles. The number of carbonyl (C=O) groups is 1. The highest BCUT2D eigenvalue weighted by Gasteiger charge is 2.25. The fourth-order valence-electron chi connectivity index (χ4n) is 1.28. The van der Waals surface area contributed by atoms with Crippen LogP contribution in [0.4, 0.5) is 10.7 Å². The first-order chi connectivity index (χ1) is 8.38. The van der Waals surface area contributed by atoms with Crippen LogP contribution in [-0.4, -0.2) is 39.6 Å². The molecular weight excluding hydrogens is 264 g/mol. The van der Waals surface area contributed by atoms with E-state index in [2.05, 4.69) is 4.98 Å². The second-order valence-corrected chi connectivity index (χ2v) is 3.97. The third-order valence-corrected chi connectivity index (χ3v) is 2.51. The average molecular weight is 277 g/mol. The first kappa shape index (κ1) is 14.2. The zero-order chi connectivity index (χ0) is 13.9. The number of nitro groups is 1. The van der Waals surface area contributed by atoms with Crippen molar-refractivity contribution >= 4 is 23.6 Å². The lowest BCUT2D eigenvalue weighted by Crippen LogP contribution is -2.23. The molecule has 8 nitrogen and oxygen atoms in total. The first-order valence-corrected chi connectivity index (χ1v) is 5.50. The van der Waals surface area contributed by atoms with Gasteiger partial charge in [0.25, 0.3) is 0 Å². The molecule has 0 atom stereocenters. The third kappa shape index (κ3) is 2.89. The molecule has 0 bridgehead atoms. The van der Waals surface area contributed by atoms with Crippen molar-refractivity contribution in [2.24, 2.45) is 7.05 Å². The fourth-order valence-corrected chi connectivity index (χ4v) is 1.50. The van der Waals surface area contributed by atoms with Gasteiger partial charge in [-0.1, -0.05) is 4.98 Å². The normalized spacial score (nSPS) is 10.2.